The van der Waals surface area contributed by atoms with Crippen LogP contribution in [0.4, 0.5) is 0 Å². The van der Waals surface area contributed by atoms with Crippen molar-refractivity contribution in [2.75, 3.05) is 40.4 Å². The van der Waals surface area contributed by atoms with Gasteiger partial charge in [0.15, 0.2) is 0 Å². The summed E-state index contributed by atoms with van der Waals surface area (Å²) in [6.45, 7) is 6.71. The maximum Gasteiger partial charge on any atom is 0.0615 e. The number of nitrogens with zero attached hydrogens (tertiary/aromatic N) is 1. The SMILES string of the molecule is CCC(COC)NCC1CCCN(C)C1. The summed E-state index contributed by atoms with van der Waals surface area (Å²) in [7, 11) is 4.00. The molecule has 1 saturated heterocycles. The largest absolute Gasteiger partial charge is 0.383 e. The van der Waals surface area contributed by atoms with Gasteiger partial charge in [0.1, 0.15) is 0 Å². The Morgan fingerprint density at radius 3 is 2.93 bits per heavy atom. The van der Waals surface area contributed by atoms with Crippen LogP contribution in [0.2, 0.25) is 0 Å². The molecule has 1 fully saturated rings. The summed E-state index contributed by atoms with van der Waals surface area (Å²) in [5, 5.41) is 3.61. The van der Waals surface area contributed by atoms with E-state index in [2.05, 4.69) is 24.2 Å². The third-order valence-electron chi connectivity index (χ3n) is 3.28. The molecule has 0 spiro atoms. The summed E-state index contributed by atoms with van der Waals surface area (Å²) in [6, 6.07) is 0.530. The molecule has 1 aliphatic heterocycles. The normalized spacial score (nSPS) is 25.4. The summed E-state index contributed by atoms with van der Waals surface area (Å²) >= 11 is 0. The van der Waals surface area contributed by atoms with Gasteiger partial charge in [-0.05, 0) is 45.3 Å². The number of piperidine rings is 1. The maximum absolute atomic E-state index is 5.18. The Hall–Kier alpha value is -0.120. The molecule has 15 heavy (non-hydrogen) atoms. The second-order valence-corrected chi connectivity index (χ2v) is 4.74. The van der Waals surface area contributed by atoms with Gasteiger partial charge in [0, 0.05) is 19.7 Å². The zero-order valence-electron chi connectivity index (χ0n) is 10.5. The summed E-state index contributed by atoms with van der Waals surface area (Å²) < 4.78 is 5.18. The Morgan fingerprint density at radius 2 is 2.33 bits per heavy atom. The monoisotopic (exact) mass is 214 g/mol. The minimum Gasteiger partial charge on any atom is -0.383 e. The number of likely N-dealkylation sites (tertiary alicyclic amines) is 1. The number of hydrogen-bond donors (Lipinski definition) is 1. The zero-order valence-corrected chi connectivity index (χ0v) is 10.5. The number of nitrogens with one attached hydrogen (secondary N) is 1. The lowest BCUT2D eigenvalue weighted by atomic mass is 9.98. The van der Waals surface area contributed by atoms with E-state index in [0.29, 0.717) is 6.04 Å². The lowest BCUT2D eigenvalue weighted by molar-refractivity contribution is 0.152. The van der Waals surface area contributed by atoms with E-state index in [1.54, 1.807) is 7.11 Å². The summed E-state index contributed by atoms with van der Waals surface area (Å²) in [5.74, 6) is 0.828. The standard InChI is InChI=1S/C12H26N2O/c1-4-12(10-15-3)13-8-11-6-5-7-14(2)9-11/h11-13H,4-10H2,1-3H3. The van der Waals surface area contributed by atoms with Gasteiger partial charge in [-0.15, -0.1) is 0 Å². The maximum atomic E-state index is 5.18. The van der Waals surface area contributed by atoms with Crippen LogP contribution in [0.25, 0.3) is 0 Å². The predicted octanol–water partition coefficient (Wildman–Crippen LogP) is 1.34. The van der Waals surface area contributed by atoms with Gasteiger partial charge in [0.25, 0.3) is 0 Å². The third kappa shape index (κ3) is 4.96. The Bertz CT molecular complexity index is 164. The molecule has 0 bridgehead atoms. The van der Waals surface area contributed by atoms with Crippen molar-refractivity contribution < 1.29 is 4.74 Å². The first-order valence-electron chi connectivity index (χ1n) is 6.17. The van der Waals surface area contributed by atoms with Crippen LogP contribution in [-0.2, 0) is 4.74 Å². The molecule has 0 amide bonds. The number of methoxy groups -OCH3 is 1. The first-order chi connectivity index (χ1) is 7.26. The molecule has 0 aromatic rings. The van der Waals surface area contributed by atoms with Crippen molar-refractivity contribution in [2.24, 2.45) is 5.92 Å². The second kappa shape index (κ2) is 7.20. The predicted molar refractivity (Wildman–Crippen MR) is 64.2 cm³/mol. The molecule has 90 valence electrons. The van der Waals surface area contributed by atoms with E-state index in [1.807, 2.05) is 0 Å². The Balaban J connectivity index is 2.16. The van der Waals surface area contributed by atoms with Gasteiger partial charge in [-0.2, -0.15) is 0 Å². The van der Waals surface area contributed by atoms with E-state index in [1.165, 1.54) is 25.9 Å². The minimum atomic E-state index is 0.530. The average molecular weight is 214 g/mol. The molecule has 2 atom stereocenters. The van der Waals surface area contributed by atoms with Crippen molar-refractivity contribution in [3.05, 3.63) is 0 Å². The molecule has 0 aromatic heterocycles. The van der Waals surface area contributed by atoms with E-state index in [-0.39, 0.29) is 0 Å². The third-order valence-corrected chi connectivity index (χ3v) is 3.28. The van der Waals surface area contributed by atoms with Gasteiger partial charge >= 0.3 is 0 Å². The fraction of sp³-hybridized carbons (Fsp3) is 1.00. The number of hydrogen-bond acceptors (Lipinski definition) is 3. The highest BCUT2D eigenvalue weighted by atomic mass is 16.5. The molecule has 1 aliphatic rings. The minimum absolute atomic E-state index is 0.530. The highest BCUT2D eigenvalue weighted by Gasteiger charge is 2.17. The molecular weight excluding hydrogens is 188 g/mol. The van der Waals surface area contributed by atoms with Crippen LogP contribution in [0.1, 0.15) is 26.2 Å². The van der Waals surface area contributed by atoms with Crippen LogP contribution in [0.5, 0.6) is 0 Å². The second-order valence-electron chi connectivity index (χ2n) is 4.74. The van der Waals surface area contributed by atoms with Crippen molar-refractivity contribution in [1.29, 1.82) is 0 Å². The topological polar surface area (TPSA) is 24.5 Å². The van der Waals surface area contributed by atoms with Crippen LogP contribution in [-0.4, -0.2) is 51.3 Å². The molecule has 1 N–H and O–H groups in total. The van der Waals surface area contributed by atoms with Crippen molar-refractivity contribution in [3.8, 4) is 0 Å². The molecule has 3 nitrogen and oxygen atoms in total. The van der Waals surface area contributed by atoms with E-state index in [0.717, 1.165) is 25.5 Å². The fourth-order valence-corrected chi connectivity index (χ4v) is 2.30. The van der Waals surface area contributed by atoms with E-state index >= 15 is 0 Å². The van der Waals surface area contributed by atoms with Crippen molar-refractivity contribution in [1.82, 2.24) is 10.2 Å². The van der Waals surface area contributed by atoms with Crippen LogP contribution in [0, 0.1) is 5.92 Å². The summed E-state index contributed by atoms with van der Waals surface area (Å²) in [5.41, 5.74) is 0. The molecule has 2 unspecified atom stereocenters. The highest BCUT2D eigenvalue weighted by molar-refractivity contribution is 4.74. The molecule has 0 radical (unpaired) electrons. The number of ether oxygens (including phenoxy) is 1. The smallest absolute Gasteiger partial charge is 0.0615 e. The van der Waals surface area contributed by atoms with E-state index < -0.39 is 0 Å². The van der Waals surface area contributed by atoms with Crippen LogP contribution in [0.15, 0.2) is 0 Å². The van der Waals surface area contributed by atoms with Gasteiger partial charge in [0.05, 0.1) is 6.61 Å². The lowest BCUT2D eigenvalue weighted by Gasteiger charge is -2.31. The average Bonchev–Trinajstić information content (AvgIpc) is 2.24. The van der Waals surface area contributed by atoms with Crippen LogP contribution in [0.3, 0.4) is 0 Å². The van der Waals surface area contributed by atoms with Gasteiger partial charge in [-0.25, -0.2) is 0 Å². The lowest BCUT2D eigenvalue weighted by Crippen LogP contribution is -2.41. The van der Waals surface area contributed by atoms with Crippen molar-refractivity contribution >= 4 is 0 Å². The number of rotatable bonds is 6. The molecule has 0 aliphatic carbocycles. The Morgan fingerprint density at radius 1 is 1.53 bits per heavy atom. The van der Waals surface area contributed by atoms with E-state index in [4.69, 9.17) is 4.74 Å². The van der Waals surface area contributed by atoms with Gasteiger partial charge in [0.2, 0.25) is 0 Å². The first kappa shape index (κ1) is 12.9. The van der Waals surface area contributed by atoms with Crippen LogP contribution >= 0.6 is 0 Å². The summed E-state index contributed by atoms with van der Waals surface area (Å²) in [4.78, 5) is 2.44. The Kier molecular flexibility index (Phi) is 6.22. The molecule has 1 heterocycles. The van der Waals surface area contributed by atoms with Gasteiger partial charge in [-0.1, -0.05) is 6.92 Å². The molecule has 3 heteroatoms. The molecule has 0 saturated carbocycles. The highest BCUT2D eigenvalue weighted by Crippen LogP contribution is 2.14. The van der Waals surface area contributed by atoms with E-state index in [9.17, 15) is 0 Å². The fourth-order valence-electron chi connectivity index (χ4n) is 2.30. The summed E-state index contributed by atoms with van der Waals surface area (Å²) in [6.07, 6.45) is 3.88. The quantitative estimate of drug-likeness (QED) is 0.722. The van der Waals surface area contributed by atoms with Crippen LogP contribution < -0.4 is 5.32 Å². The molecule has 1 rings (SSSR count). The van der Waals surface area contributed by atoms with Crippen molar-refractivity contribution in [3.63, 3.8) is 0 Å². The molecule has 0 aromatic carbocycles. The first-order valence-corrected chi connectivity index (χ1v) is 6.17. The molecular formula is C12H26N2O. The zero-order chi connectivity index (χ0) is 11.1. The van der Waals surface area contributed by atoms with Gasteiger partial charge in [-0.3, -0.25) is 0 Å². The van der Waals surface area contributed by atoms with Gasteiger partial charge < -0.3 is 15.0 Å². The van der Waals surface area contributed by atoms with Crippen molar-refractivity contribution in [2.45, 2.75) is 32.2 Å². The Labute approximate surface area is 94.2 Å².